The van der Waals surface area contributed by atoms with Crippen LogP contribution in [-0.2, 0) is 9.59 Å². The lowest BCUT2D eigenvalue weighted by Crippen LogP contribution is -2.20. The molecule has 7 nitrogen and oxygen atoms in total. The summed E-state index contributed by atoms with van der Waals surface area (Å²) in [5.74, 6) is 0.173. The van der Waals surface area contributed by atoms with E-state index >= 15 is 0 Å². The molecule has 0 saturated carbocycles. The van der Waals surface area contributed by atoms with E-state index in [0.29, 0.717) is 18.5 Å². The van der Waals surface area contributed by atoms with E-state index in [9.17, 15) is 9.59 Å². The third-order valence-corrected chi connectivity index (χ3v) is 4.27. The number of aromatic nitrogens is 1. The number of hydroxylamine groups is 1. The number of carbonyl (C=O) groups excluding carboxylic acids is 2. The van der Waals surface area contributed by atoms with Gasteiger partial charge in [0.25, 0.3) is 0 Å². The lowest BCUT2D eigenvalue weighted by molar-refractivity contribution is -0.129. The topological polar surface area (TPSA) is 101 Å². The minimum atomic E-state index is -0.378. The van der Waals surface area contributed by atoms with Gasteiger partial charge in [0.2, 0.25) is 11.8 Å². The predicted octanol–water partition coefficient (Wildman–Crippen LogP) is 3.27. The summed E-state index contributed by atoms with van der Waals surface area (Å²) in [5, 5.41) is 12.2. The SMILES string of the molecule is COc1ccc2ncc(NC(=O)C(C)CCCCCC(=O)NO)cc2c1. The number of rotatable bonds is 9. The molecule has 1 aromatic carbocycles. The Morgan fingerprint density at radius 3 is 2.77 bits per heavy atom. The molecule has 3 N–H and O–H groups in total. The Kier molecular flexibility index (Phi) is 7.35. The smallest absolute Gasteiger partial charge is 0.243 e. The molecule has 26 heavy (non-hydrogen) atoms. The third kappa shape index (κ3) is 5.70. The maximum Gasteiger partial charge on any atom is 0.243 e. The normalized spacial score (nSPS) is 11.8. The summed E-state index contributed by atoms with van der Waals surface area (Å²) in [6, 6.07) is 7.48. The first kappa shape index (κ1) is 19.7. The summed E-state index contributed by atoms with van der Waals surface area (Å²) in [7, 11) is 1.61. The van der Waals surface area contributed by atoms with Crippen LogP contribution in [0.3, 0.4) is 0 Å². The highest BCUT2D eigenvalue weighted by atomic mass is 16.5. The maximum absolute atomic E-state index is 12.3. The fourth-order valence-electron chi connectivity index (χ4n) is 2.67. The van der Waals surface area contributed by atoms with Gasteiger partial charge in [-0.3, -0.25) is 19.8 Å². The molecule has 140 valence electrons. The first-order chi connectivity index (χ1) is 12.5. The van der Waals surface area contributed by atoms with Crippen LogP contribution in [0.5, 0.6) is 5.75 Å². The van der Waals surface area contributed by atoms with E-state index in [4.69, 9.17) is 9.94 Å². The van der Waals surface area contributed by atoms with Gasteiger partial charge in [-0.2, -0.15) is 0 Å². The Morgan fingerprint density at radius 1 is 1.23 bits per heavy atom. The van der Waals surface area contributed by atoms with Crippen LogP contribution in [0.2, 0.25) is 0 Å². The van der Waals surface area contributed by atoms with Crippen molar-refractivity contribution in [2.45, 2.75) is 39.0 Å². The number of carbonyl (C=O) groups is 2. The Bertz CT molecular complexity index is 764. The van der Waals surface area contributed by atoms with Crippen molar-refractivity contribution in [3.05, 3.63) is 30.5 Å². The number of hydrogen-bond acceptors (Lipinski definition) is 5. The number of amides is 2. The summed E-state index contributed by atoms with van der Waals surface area (Å²) in [5.41, 5.74) is 3.10. The second-order valence-corrected chi connectivity index (χ2v) is 6.31. The Labute approximate surface area is 152 Å². The van der Waals surface area contributed by atoms with Crippen LogP contribution in [-0.4, -0.2) is 29.1 Å². The van der Waals surface area contributed by atoms with Crippen molar-refractivity contribution >= 4 is 28.4 Å². The monoisotopic (exact) mass is 359 g/mol. The standard InChI is InChI=1S/C19H25N3O4/c1-13(6-4-3-5-7-18(23)22-25)19(24)21-15-10-14-11-16(26-2)8-9-17(14)20-12-15/h8-13,25H,3-7H2,1-2H3,(H,21,24)(H,22,23). The number of anilines is 1. The van der Waals surface area contributed by atoms with Crippen molar-refractivity contribution in [3.63, 3.8) is 0 Å². The van der Waals surface area contributed by atoms with Gasteiger partial charge in [-0.15, -0.1) is 0 Å². The van der Waals surface area contributed by atoms with Crippen LogP contribution in [0.25, 0.3) is 10.9 Å². The molecule has 0 aliphatic carbocycles. The summed E-state index contributed by atoms with van der Waals surface area (Å²) in [4.78, 5) is 27.6. The van der Waals surface area contributed by atoms with Crippen molar-refractivity contribution in [2.75, 3.05) is 12.4 Å². The zero-order chi connectivity index (χ0) is 18.9. The van der Waals surface area contributed by atoms with Crippen LogP contribution in [0.15, 0.2) is 30.5 Å². The molecule has 0 aliphatic rings. The van der Waals surface area contributed by atoms with Crippen LogP contribution in [0.4, 0.5) is 5.69 Å². The van der Waals surface area contributed by atoms with Crippen LogP contribution >= 0.6 is 0 Å². The van der Waals surface area contributed by atoms with Crippen molar-refractivity contribution in [1.29, 1.82) is 0 Å². The third-order valence-electron chi connectivity index (χ3n) is 4.27. The largest absolute Gasteiger partial charge is 0.497 e. The summed E-state index contributed by atoms with van der Waals surface area (Å²) in [6.45, 7) is 1.88. The van der Waals surface area contributed by atoms with Crippen LogP contribution in [0.1, 0.15) is 39.0 Å². The average Bonchev–Trinajstić information content (AvgIpc) is 2.66. The number of nitrogens with one attached hydrogen (secondary N) is 2. The average molecular weight is 359 g/mol. The highest BCUT2D eigenvalue weighted by Gasteiger charge is 2.13. The van der Waals surface area contributed by atoms with E-state index < -0.39 is 0 Å². The molecule has 1 heterocycles. The molecule has 0 saturated heterocycles. The second-order valence-electron chi connectivity index (χ2n) is 6.31. The van der Waals surface area contributed by atoms with Gasteiger partial charge < -0.3 is 10.1 Å². The summed E-state index contributed by atoms with van der Waals surface area (Å²) < 4.78 is 5.21. The van der Waals surface area contributed by atoms with Gasteiger partial charge in [-0.25, -0.2) is 5.48 Å². The molecule has 0 spiro atoms. The number of fused-ring (bicyclic) bond motifs is 1. The first-order valence-electron chi connectivity index (χ1n) is 8.71. The molecule has 2 amide bonds. The first-order valence-corrected chi connectivity index (χ1v) is 8.71. The van der Waals surface area contributed by atoms with E-state index in [2.05, 4.69) is 10.3 Å². The highest BCUT2D eigenvalue weighted by Crippen LogP contribution is 2.22. The number of methoxy groups -OCH3 is 1. The number of pyridine rings is 1. The van der Waals surface area contributed by atoms with E-state index in [1.807, 2.05) is 31.2 Å². The molecule has 2 rings (SSSR count). The number of unbranched alkanes of at least 4 members (excludes halogenated alkanes) is 2. The van der Waals surface area contributed by atoms with Gasteiger partial charge in [-0.05, 0) is 37.1 Å². The van der Waals surface area contributed by atoms with Crippen molar-refractivity contribution in [3.8, 4) is 5.75 Å². The Balaban J connectivity index is 1.84. The van der Waals surface area contributed by atoms with Gasteiger partial charge in [0.1, 0.15) is 5.75 Å². The fourth-order valence-corrected chi connectivity index (χ4v) is 2.67. The number of nitrogens with zero attached hydrogens (tertiary/aromatic N) is 1. The summed E-state index contributed by atoms with van der Waals surface area (Å²) >= 11 is 0. The van der Waals surface area contributed by atoms with Gasteiger partial charge in [0.05, 0.1) is 24.5 Å². The molecule has 0 bridgehead atoms. The van der Waals surface area contributed by atoms with Crippen LogP contribution in [0, 0.1) is 5.92 Å². The molecular formula is C19H25N3O4. The van der Waals surface area contributed by atoms with E-state index in [1.54, 1.807) is 18.8 Å². The Morgan fingerprint density at radius 2 is 2.04 bits per heavy atom. The zero-order valence-electron chi connectivity index (χ0n) is 15.1. The summed E-state index contributed by atoms with van der Waals surface area (Å²) in [6.07, 6.45) is 5.05. The van der Waals surface area contributed by atoms with Crippen molar-refractivity contribution < 1.29 is 19.5 Å². The zero-order valence-corrected chi connectivity index (χ0v) is 15.1. The molecule has 0 aliphatic heterocycles. The molecule has 1 atom stereocenters. The lowest BCUT2D eigenvalue weighted by atomic mass is 10.0. The fraction of sp³-hybridized carbons (Fsp3) is 0.421. The lowest BCUT2D eigenvalue weighted by Gasteiger charge is -2.12. The number of ether oxygens (including phenoxy) is 1. The molecule has 1 unspecified atom stereocenters. The van der Waals surface area contributed by atoms with E-state index in [-0.39, 0.29) is 17.7 Å². The van der Waals surface area contributed by atoms with Crippen LogP contribution < -0.4 is 15.5 Å². The number of benzene rings is 1. The Hall–Kier alpha value is -2.67. The van der Waals surface area contributed by atoms with Crippen molar-refractivity contribution in [1.82, 2.24) is 10.5 Å². The molecule has 0 fully saturated rings. The van der Waals surface area contributed by atoms with E-state index in [1.165, 1.54) is 0 Å². The maximum atomic E-state index is 12.3. The van der Waals surface area contributed by atoms with Gasteiger partial charge in [0, 0.05) is 17.7 Å². The molecule has 0 radical (unpaired) electrons. The molecular weight excluding hydrogens is 334 g/mol. The van der Waals surface area contributed by atoms with Crippen molar-refractivity contribution in [2.24, 2.45) is 5.92 Å². The predicted molar refractivity (Wildman–Crippen MR) is 99.1 cm³/mol. The quantitative estimate of drug-likeness (QED) is 0.362. The van der Waals surface area contributed by atoms with Gasteiger partial charge in [-0.1, -0.05) is 19.8 Å². The second kappa shape index (κ2) is 9.72. The van der Waals surface area contributed by atoms with Gasteiger partial charge in [0.15, 0.2) is 0 Å². The minimum Gasteiger partial charge on any atom is -0.497 e. The van der Waals surface area contributed by atoms with Gasteiger partial charge >= 0.3 is 0 Å². The molecule has 1 aromatic heterocycles. The number of hydrogen-bond donors (Lipinski definition) is 3. The minimum absolute atomic E-state index is 0.0536. The van der Waals surface area contributed by atoms with E-state index in [0.717, 1.165) is 35.9 Å². The highest BCUT2D eigenvalue weighted by molar-refractivity contribution is 5.94. The molecule has 2 aromatic rings. The molecule has 7 heteroatoms.